The quantitative estimate of drug-likeness (QED) is 0.810. The second kappa shape index (κ2) is 8.18. The Morgan fingerprint density at radius 1 is 1.18 bits per heavy atom. The van der Waals surface area contributed by atoms with Crippen molar-refractivity contribution in [3.05, 3.63) is 29.8 Å². The van der Waals surface area contributed by atoms with Gasteiger partial charge >= 0.3 is 0 Å². The number of ether oxygens (including phenoxy) is 1. The minimum absolute atomic E-state index is 0.127. The van der Waals surface area contributed by atoms with Gasteiger partial charge in [0.15, 0.2) is 6.10 Å². The first-order valence-corrected chi connectivity index (χ1v) is 8.39. The molecule has 0 aromatic heterocycles. The van der Waals surface area contributed by atoms with E-state index in [0.29, 0.717) is 6.42 Å². The summed E-state index contributed by atoms with van der Waals surface area (Å²) in [4.78, 5) is 17.1. The fraction of sp³-hybridized carbons (Fsp3) is 0.611. The van der Waals surface area contributed by atoms with Gasteiger partial charge in [-0.3, -0.25) is 9.69 Å². The third-order valence-corrected chi connectivity index (χ3v) is 4.23. The number of piperazine rings is 1. The number of benzene rings is 1. The lowest BCUT2D eigenvalue weighted by Gasteiger charge is -2.36. The van der Waals surface area contributed by atoms with E-state index in [1.54, 1.807) is 0 Å². The van der Waals surface area contributed by atoms with Gasteiger partial charge in [-0.2, -0.15) is 0 Å². The third kappa shape index (κ3) is 4.23. The number of hydrogen-bond acceptors (Lipinski definition) is 3. The molecule has 0 bridgehead atoms. The summed E-state index contributed by atoms with van der Waals surface area (Å²) in [6.45, 7) is 10.9. The van der Waals surface area contributed by atoms with Crippen LogP contribution in [0.5, 0.6) is 5.75 Å². The van der Waals surface area contributed by atoms with Crippen LogP contribution in [0.25, 0.3) is 0 Å². The predicted molar refractivity (Wildman–Crippen MR) is 89.2 cm³/mol. The molecule has 4 nitrogen and oxygen atoms in total. The highest BCUT2D eigenvalue weighted by molar-refractivity contribution is 5.81. The van der Waals surface area contributed by atoms with Crippen molar-refractivity contribution in [2.24, 2.45) is 0 Å². The van der Waals surface area contributed by atoms with Crippen LogP contribution in [0.1, 0.15) is 32.3 Å². The second-order valence-corrected chi connectivity index (χ2v) is 5.95. The summed E-state index contributed by atoms with van der Waals surface area (Å²) in [6.07, 6.45) is 1.49. The highest BCUT2D eigenvalue weighted by Crippen LogP contribution is 2.20. The van der Waals surface area contributed by atoms with Gasteiger partial charge < -0.3 is 9.64 Å². The van der Waals surface area contributed by atoms with E-state index < -0.39 is 0 Å². The Bertz CT molecular complexity index is 482. The monoisotopic (exact) mass is 304 g/mol. The van der Waals surface area contributed by atoms with Gasteiger partial charge in [0.1, 0.15) is 5.75 Å². The maximum atomic E-state index is 12.7. The Kier molecular flexibility index (Phi) is 6.25. The summed E-state index contributed by atoms with van der Waals surface area (Å²) >= 11 is 0. The summed E-state index contributed by atoms with van der Waals surface area (Å²) < 4.78 is 5.98. The maximum absolute atomic E-state index is 12.7. The fourth-order valence-electron chi connectivity index (χ4n) is 2.86. The van der Waals surface area contributed by atoms with Crippen molar-refractivity contribution < 1.29 is 9.53 Å². The van der Waals surface area contributed by atoms with Crippen molar-refractivity contribution in [1.29, 1.82) is 0 Å². The van der Waals surface area contributed by atoms with Crippen LogP contribution >= 0.6 is 0 Å². The lowest BCUT2D eigenvalue weighted by Crippen LogP contribution is -2.52. The lowest BCUT2D eigenvalue weighted by atomic mass is 10.2. The molecule has 22 heavy (non-hydrogen) atoms. The van der Waals surface area contributed by atoms with Gasteiger partial charge in [0.2, 0.25) is 0 Å². The molecular formula is C18H28N2O2. The van der Waals surface area contributed by atoms with Crippen LogP contribution in [0.4, 0.5) is 0 Å². The SMILES string of the molecule is CCCN1CCN(C(=O)[C@@H](CC)Oc2ccccc2C)CC1. The molecule has 1 heterocycles. The smallest absolute Gasteiger partial charge is 0.263 e. The number of carbonyl (C=O) groups excluding carboxylic acids is 1. The predicted octanol–water partition coefficient (Wildman–Crippen LogP) is 2.71. The van der Waals surface area contributed by atoms with Crippen LogP contribution in [0.15, 0.2) is 24.3 Å². The maximum Gasteiger partial charge on any atom is 0.263 e. The molecule has 1 aromatic carbocycles. The molecule has 4 heteroatoms. The molecule has 1 atom stereocenters. The van der Waals surface area contributed by atoms with Crippen LogP contribution in [-0.2, 0) is 4.79 Å². The zero-order valence-corrected chi connectivity index (χ0v) is 14.0. The molecule has 1 amide bonds. The largest absolute Gasteiger partial charge is 0.480 e. The van der Waals surface area contributed by atoms with Crippen molar-refractivity contribution in [3.63, 3.8) is 0 Å². The highest BCUT2D eigenvalue weighted by atomic mass is 16.5. The molecule has 0 aliphatic carbocycles. The van der Waals surface area contributed by atoms with Crippen molar-refractivity contribution in [2.75, 3.05) is 32.7 Å². The van der Waals surface area contributed by atoms with Crippen molar-refractivity contribution in [3.8, 4) is 5.75 Å². The summed E-state index contributed by atoms with van der Waals surface area (Å²) in [7, 11) is 0. The van der Waals surface area contributed by atoms with E-state index in [4.69, 9.17) is 4.74 Å². The van der Waals surface area contributed by atoms with E-state index in [9.17, 15) is 4.79 Å². The van der Waals surface area contributed by atoms with Gasteiger partial charge in [-0.15, -0.1) is 0 Å². The zero-order valence-electron chi connectivity index (χ0n) is 14.0. The molecular weight excluding hydrogens is 276 g/mol. The number of aryl methyl sites for hydroxylation is 1. The van der Waals surface area contributed by atoms with Gasteiger partial charge in [0.25, 0.3) is 5.91 Å². The van der Waals surface area contributed by atoms with Crippen LogP contribution in [0, 0.1) is 6.92 Å². The zero-order chi connectivity index (χ0) is 15.9. The minimum atomic E-state index is -0.376. The van der Waals surface area contributed by atoms with Gasteiger partial charge in [-0.05, 0) is 37.9 Å². The van der Waals surface area contributed by atoms with Crippen LogP contribution in [0.3, 0.4) is 0 Å². The Hall–Kier alpha value is -1.55. The molecule has 0 saturated carbocycles. The summed E-state index contributed by atoms with van der Waals surface area (Å²) in [5.74, 6) is 0.939. The van der Waals surface area contributed by atoms with Gasteiger partial charge in [-0.25, -0.2) is 0 Å². The normalized spacial score (nSPS) is 17.3. The molecule has 1 saturated heterocycles. The summed E-state index contributed by atoms with van der Waals surface area (Å²) in [5.41, 5.74) is 1.07. The van der Waals surface area contributed by atoms with Crippen LogP contribution in [-0.4, -0.2) is 54.5 Å². The first-order chi connectivity index (χ1) is 10.7. The van der Waals surface area contributed by atoms with E-state index in [1.807, 2.05) is 43.0 Å². The van der Waals surface area contributed by atoms with E-state index in [2.05, 4.69) is 11.8 Å². The average Bonchev–Trinajstić information content (AvgIpc) is 2.54. The average molecular weight is 304 g/mol. The third-order valence-electron chi connectivity index (χ3n) is 4.23. The second-order valence-electron chi connectivity index (χ2n) is 5.95. The van der Waals surface area contributed by atoms with Crippen molar-refractivity contribution in [2.45, 2.75) is 39.7 Å². The number of amides is 1. The van der Waals surface area contributed by atoms with E-state index in [0.717, 1.165) is 44.0 Å². The number of nitrogens with zero attached hydrogens (tertiary/aromatic N) is 2. The Balaban J connectivity index is 1.94. The topological polar surface area (TPSA) is 32.8 Å². The number of hydrogen-bond donors (Lipinski definition) is 0. The molecule has 0 N–H and O–H groups in total. The first-order valence-electron chi connectivity index (χ1n) is 8.39. The molecule has 0 spiro atoms. The standard InChI is InChI=1S/C18H28N2O2/c1-4-10-19-11-13-20(14-12-19)18(21)16(5-2)22-17-9-7-6-8-15(17)3/h6-9,16H,4-5,10-14H2,1-3H3/t16-/m1/s1. The van der Waals surface area contributed by atoms with Gasteiger partial charge in [-0.1, -0.05) is 32.0 Å². The highest BCUT2D eigenvalue weighted by Gasteiger charge is 2.27. The van der Waals surface area contributed by atoms with Crippen LogP contribution in [0.2, 0.25) is 0 Å². The minimum Gasteiger partial charge on any atom is -0.480 e. The molecule has 1 aliphatic rings. The Morgan fingerprint density at radius 3 is 2.45 bits per heavy atom. The number of carbonyl (C=O) groups is 1. The Labute approximate surface area is 134 Å². The molecule has 1 aliphatic heterocycles. The molecule has 0 unspecified atom stereocenters. The van der Waals surface area contributed by atoms with Crippen molar-refractivity contribution in [1.82, 2.24) is 9.80 Å². The summed E-state index contributed by atoms with van der Waals surface area (Å²) in [5, 5.41) is 0. The summed E-state index contributed by atoms with van der Waals surface area (Å²) in [6, 6.07) is 7.88. The number of para-hydroxylation sites is 1. The van der Waals surface area contributed by atoms with Gasteiger partial charge in [0, 0.05) is 26.2 Å². The molecule has 0 radical (unpaired) electrons. The molecule has 2 rings (SSSR count). The first kappa shape index (κ1) is 16.8. The van der Waals surface area contributed by atoms with E-state index in [1.165, 1.54) is 6.42 Å². The number of rotatable bonds is 6. The van der Waals surface area contributed by atoms with E-state index in [-0.39, 0.29) is 12.0 Å². The lowest BCUT2D eigenvalue weighted by molar-refractivity contribution is -0.140. The van der Waals surface area contributed by atoms with Crippen LogP contribution < -0.4 is 4.74 Å². The molecule has 1 aromatic rings. The van der Waals surface area contributed by atoms with Gasteiger partial charge in [0.05, 0.1) is 0 Å². The Morgan fingerprint density at radius 2 is 1.86 bits per heavy atom. The fourth-order valence-corrected chi connectivity index (χ4v) is 2.86. The molecule has 1 fully saturated rings. The van der Waals surface area contributed by atoms with E-state index >= 15 is 0 Å². The molecule has 122 valence electrons. The van der Waals surface area contributed by atoms with Crippen molar-refractivity contribution >= 4 is 5.91 Å².